The Morgan fingerprint density at radius 3 is 1.95 bits per heavy atom. The number of hydrogen-bond acceptors (Lipinski definition) is 3. The molecule has 4 aliphatic carbocycles. The van der Waals surface area contributed by atoms with Crippen LogP contribution in [0.2, 0.25) is 0 Å². The molecule has 3 nitrogen and oxygen atoms in total. The van der Waals surface area contributed by atoms with Crippen LogP contribution in [0.3, 0.4) is 0 Å². The van der Waals surface area contributed by atoms with Crippen molar-refractivity contribution in [3.05, 3.63) is 0 Å². The van der Waals surface area contributed by atoms with E-state index in [1.54, 1.807) is 0 Å². The average Bonchev–Trinajstić information content (AvgIpc) is 2.22. The first-order valence-electron chi connectivity index (χ1n) is 7.69. The maximum Gasteiger partial charge on any atom is 0.508 e. The van der Waals surface area contributed by atoms with Crippen molar-refractivity contribution >= 4 is 6.16 Å². The molecule has 0 spiro atoms. The molecule has 0 heterocycles. The molecule has 4 bridgehead atoms. The Kier molecular flexibility index (Phi) is 3.06. The molecule has 108 valence electrons. The standard InChI is InChI=1S/C16H26O3/c1-15(2,3)10-18-14(17)19-16-7-11-4-12(8-16)6-13(5-11)9-16/h11-13H,4-10H2,1-3H3. The summed E-state index contributed by atoms with van der Waals surface area (Å²) in [6.07, 6.45) is 6.85. The lowest BCUT2D eigenvalue weighted by atomic mass is 9.54. The van der Waals surface area contributed by atoms with Crippen molar-refractivity contribution in [2.45, 2.75) is 64.9 Å². The van der Waals surface area contributed by atoms with E-state index < -0.39 is 6.16 Å². The molecule has 4 saturated carbocycles. The second-order valence-electron chi connectivity index (χ2n) is 8.30. The lowest BCUT2D eigenvalue weighted by molar-refractivity contribution is -0.144. The van der Waals surface area contributed by atoms with Crippen molar-refractivity contribution < 1.29 is 14.3 Å². The number of ether oxygens (including phenoxy) is 2. The number of hydrogen-bond donors (Lipinski definition) is 0. The predicted octanol–water partition coefficient (Wildman–Crippen LogP) is 4.15. The minimum absolute atomic E-state index is 0.000487. The van der Waals surface area contributed by atoms with Crippen LogP contribution in [0.1, 0.15) is 59.3 Å². The minimum Gasteiger partial charge on any atom is -0.434 e. The van der Waals surface area contributed by atoms with Crippen LogP contribution >= 0.6 is 0 Å². The first-order valence-corrected chi connectivity index (χ1v) is 7.69. The third kappa shape index (κ3) is 2.90. The SMILES string of the molecule is CC(C)(C)COC(=O)OC12CC3CC(CC(C3)C1)C2. The third-order valence-electron chi connectivity index (χ3n) is 4.90. The molecule has 0 aromatic heterocycles. The maximum absolute atomic E-state index is 11.9. The van der Waals surface area contributed by atoms with Gasteiger partial charge in [0, 0.05) is 0 Å². The minimum atomic E-state index is -0.447. The van der Waals surface area contributed by atoms with E-state index in [9.17, 15) is 4.79 Å². The number of carbonyl (C=O) groups is 1. The maximum atomic E-state index is 11.9. The van der Waals surface area contributed by atoms with Crippen LogP contribution in [0.5, 0.6) is 0 Å². The van der Waals surface area contributed by atoms with Crippen LogP contribution in [0.15, 0.2) is 0 Å². The summed E-state index contributed by atoms with van der Waals surface area (Å²) in [5, 5.41) is 0. The van der Waals surface area contributed by atoms with E-state index in [4.69, 9.17) is 9.47 Å². The Labute approximate surface area is 116 Å². The molecule has 0 saturated heterocycles. The summed E-state index contributed by atoms with van der Waals surface area (Å²) in [6, 6.07) is 0. The summed E-state index contributed by atoms with van der Waals surface area (Å²) in [5.41, 5.74) is -0.176. The van der Waals surface area contributed by atoms with Gasteiger partial charge in [0.1, 0.15) is 5.60 Å². The van der Waals surface area contributed by atoms with Gasteiger partial charge in [0.15, 0.2) is 0 Å². The zero-order valence-corrected chi connectivity index (χ0v) is 12.4. The largest absolute Gasteiger partial charge is 0.508 e. The molecule has 3 heteroatoms. The van der Waals surface area contributed by atoms with Crippen LogP contribution in [0.4, 0.5) is 4.79 Å². The highest BCUT2D eigenvalue weighted by Crippen LogP contribution is 2.57. The lowest BCUT2D eigenvalue weighted by Crippen LogP contribution is -2.52. The van der Waals surface area contributed by atoms with E-state index in [0.717, 1.165) is 37.0 Å². The Bertz CT molecular complexity index is 331. The molecule has 0 unspecified atom stereocenters. The van der Waals surface area contributed by atoms with Crippen LogP contribution < -0.4 is 0 Å². The molecule has 0 aliphatic heterocycles. The molecular formula is C16H26O3. The van der Waals surface area contributed by atoms with Gasteiger partial charge in [0.2, 0.25) is 0 Å². The summed E-state index contributed by atoms with van der Waals surface area (Å²) in [6.45, 7) is 6.61. The molecule has 0 atom stereocenters. The third-order valence-corrected chi connectivity index (χ3v) is 4.90. The fraction of sp³-hybridized carbons (Fsp3) is 0.938. The highest BCUT2D eigenvalue weighted by molar-refractivity contribution is 5.60. The van der Waals surface area contributed by atoms with Crippen molar-refractivity contribution in [1.82, 2.24) is 0 Å². The molecule has 0 radical (unpaired) electrons. The van der Waals surface area contributed by atoms with Crippen LogP contribution in [0.25, 0.3) is 0 Å². The summed E-state index contributed by atoms with van der Waals surface area (Å²) < 4.78 is 11.1. The van der Waals surface area contributed by atoms with E-state index in [1.807, 2.05) is 0 Å². The first kappa shape index (κ1) is 13.3. The summed E-state index contributed by atoms with van der Waals surface area (Å²) >= 11 is 0. The van der Waals surface area contributed by atoms with E-state index >= 15 is 0 Å². The van der Waals surface area contributed by atoms with Gasteiger partial charge in [-0.05, 0) is 61.7 Å². The highest BCUT2D eigenvalue weighted by atomic mass is 16.7. The van der Waals surface area contributed by atoms with Gasteiger partial charge >= 0.3 is 6.16 Å². The van der Waals surface area contributed by atoms with Crippen molar-refractivity contribution in [2.24, 2.45) is 23.2 Å². The summed E-state index contributed by atoms with van der Waals surface area (Å²) in [4.78, 5) is 11.9. The topological polar surface area (TPSA) is 35.5 Å². The second kappa shape index (κ2) is 4.39. The Morgan fingerprint density at radius 2 is 1.53 bits per heavy atom. The molecule has 0 amide bonds. The Balaban J connectivity index is 1.59. The van der Waals surface area contributed by atoms with Crippen molar-refractivity contribution in [3.63, 3.8) is 0 Å². The zero-order valence-electron chi connectivity index (χ0n) is 12.4. The van der Waals surface area contributed by atoms with Crippen molar-refractivity contribution in [2.75, 3.05) is 6.61 Å². The zero-order chi connectivity index (χ0) is 13.7. The number of carbonyl (C=O) groups excluding carboxylic acids is 1. The first-order chi connectivity index (χ1) is 8.84. The quantitative estimate of drug-likeness (QED) is 0.704. The molecule has 4 rings (SSSR count). The Morgan fingerprint density at radius 1 is 1.05 bits per heavy atom. The van der Waals surface area contributed by atoms with Gasteiger partial charge in [0.25, 0.3) is 0 Å². The van der Waals surface area contributed by atoms with Crippen molar-refractivity contribution in [1.29, 1.82) is 0 Å². The predicted molar refractivity (Wildman–Crippen MR) is 72.8 cm³/mol. The van der Waals surface area contributed by atoms with Gasteiger partial charge in [-0.25, -0.2) is 4.79 Å². The van der Waals surface area contributed by atoms with Crippen LogP contribution in [-0.4, -0.2) is 18.4 Å². The van der Waals surface area contributed by atoms with Crippen LogP contribution in [-0.2, 0) is 9.47 Å². The smallest absolute Gasteiger partial charge is 0.434 e. The van der Waals surface area contributed by atoms with Gasteiger partial charge in [-0.2, -0.15) is 0 Å². The van der Waals surface area contributed by atoms with E-state index in [-0.39, 0.29) is 11.0 Å². The van der Waals surface area contributed by atoms with Gasteiger partial charge < -0.3 is 9.47 Å². The van der Waals surface area contributed by atoms with Gasteiger partial charge in [-0.3, -0.25) is 0 Å². The normalized spacial score (nSPS) is 40.3. The lowest BCUT2D eigenvalue weighted by Gasteiger charge is -2.55. The van der Waals surface area contributed by atoms with E-state index in [0.29, 0.717) is 6.61 Å². The molecule has 0 aromatic rings. The fourth-order valence-corrected chi connectivity index (χ4v) is 4.64. The molecule has 0 aromatic carbocycles. The van der Waals surface area contributed by atoms with Crippen molar-refractivity contribution in [3.8, 4) is 0 Å². The summed E-state index contributed by atoms with van der Waals surface area (Å²) in [5.74, 6) is 2.38. The molecule has 0 N–H and O–H groups in total. The van der Waals surface area contributed by atoms with Gasteiger partial charge in [0.05, 0.1) is 6.61 Å². The molecule has 4 aliphatic rings. The van der Waals surface area contributed by atoms with E-state index in [1.165, 1.54) is 19.3 Å². The number of rotatable bonds is 2. The molecular weight excluding hydrogens is 240 g/mol. The highest BCUT2D eigenvalue weighted by Gasteiger charge is 2.53. The monoisotopic (exact) mass is 266 g/mol. The molecule has 19 heavy (non-hydrogen) atoms. The fourth-order valence-electron chi connectivity index (χ4n) is 4.64. The van der Waals surface area contributed by atoms with E-state index in [2.05, 4.69) is 20.8 Å². The van der Waals surface area contributed by atoms with Gasteiger partial charge in [-0.15, -0.1) is 0 Å². The Hall–Kier alpha value is -0.730. The summed E-state index contributed by atoms with van der Waals surface area (Å²) in [7, 11) is 0. The second-order valence-corrected chi connectivity index (χ2v) is 8.30. The van der Waals surface area contributed by atoms with Crippen LogP contribution in [0, 0.1) is 23.2 Å². The van der Waals surface area contributed by atoms with Gasteiger partial charge in [-0.1, -0.05) is 20.8 Å². The average molecular weight is 266 g/mol. The molecule has 4 fully saturated rings.